The highest BCUT2D eigenvalue weighted by Crippen LogP contribution is 2.24. The van der Waals surface area contributed by atoms with E-state index < -0.39 is 0 Å². The number of carbonyl (C=O) groups excluding carboxylic acids is 1. The van der Waals surface area contributed by atoms with Crippen molar-refractivity contribution < 1.29 is 9.63 Å². The Hall–Kier alpha value is -0.880. The van der Waals surface area contributed by atoms with Crippen molar-refractivity contribution >= 4 is 18.0 Å². The van der Waals surface area contributed by atoms with Gasteiger partial charge in [0.15, 0.2) is 0 Å². The second-order valence-corrected chi connectivity index (χ2v) is 5.39. The quantitative estimate of drug-likeness (QED) is 0.770. The van der Waals surface area contributed by atoms with Crippen LogP contribution in [0.1, 0.15) is 33.1 Å². The van der Waals surface area contributed by atoms with Crippen molar-refractivity contribution in [1.82, 2.24) is 14.9 Å². The molecule has 0 aromatic carbocycles. The highest BCUT2D eigenvalue weighted by atomic mass is 32.2. The maximum atomic E-state index is 11.8. The maximum Gasteiger partial charge on any atom is 0.431 e. The number of allylic oxidation sites excluding steroid dienone is 1. The molecule has 17 heavy (non-hydrogen) atoms. The molecule has 0 saturated carbocycles. The predicted molar refractivity (Wildman–Crippen MR) is 67.4 cm³/mol. The molecule has 0 aromatic rings. The van der Waals surface area contributed by atoms with Crippen LogP contribution in [0.2, 0.25) is 0 Å². The maximum absolute atomic E-state index is 11.8. The van der Waals surface area contributed by atoms with E-state index in [1.54, 1.807) is 4.90 Å². The van der Waals surface area contributed by atoms with Gasteiger partial charge in [-0.25, -0.2) is 4.79 Å². The van der Waals surface area contributed by atoms with Crippen molar-refractivity contribution in [2.45, 2.75) is 33.1 Å². The number of piperidine rings is 1. The summed E-state index contributed by atoms with van der Waals surface area (Å²) in [6.07, 6.45) is 3.10. The Kier molecular flexibility index (Phi) is 4.17. The van der Waals surface area contributed by atoms with Crippen molar-refractivity contribution in [3.63, 3.8) is 0 Å². The van der Waals surface area contributed by atoms with Crippen LogP contribution in [0, 0.1) is 5.92 Å². The Bertz CT molecular complexity index is 314. The molecule has 0 aromatic heterocycles. The molecule has 0 atom stereocenters. The van der Waals surface area contributed by atoms with Crippen LogP contribution in [0.3, 0.4) is 0 Å². The van der Waals surface area contributed by atoms with Crippen LogP contribution in [-0.4, -0.2) is 28.7 Å². The molecule has 2 heterocycles. The van der Waals surface area contributed by atoms with Gasteiger partial charge in [0.05, 0.1) is 0 Å². The minimum atomic E-state index is -0.261. The van der Waals surface area contributed by atoms with E-state index in [1.807, 2.05) is 5.41 Å². The lowest BCUT2D eigenvalue weighted by molar-refractivity contribution is -0.0580. The van der Waals surface area contributed by atoms with Crippen molar-refractivity contribution in [2.75, 3.05) is 13.1 Å². The lowest BCUT2D eigenvalue weighted by Crippen LogP contribution is -2.41. The first-order valence-electron chi connectivity index (χ1n) is 6.07. The molecule has 2 aliphatic heterocycles. The average Bonchev–Trinajstić information content (AvgIpc) is 2.79. The van der Waals surface area contributed by atoms with Crippen LogP contribution < -0.4 is 5.43 Å². The smallest absolute Gasteiger partial charge is 0.319 e. The highest BCUT2D eigenvalue weighted by Gasteiger charge is 2.24. The molecule has 5 nitrogen and oxygen atoms in total. The third kappa shape index (κ3) is 3.29. The fourth-order valence-corrected chi connectivity index (χ4v) is 2.58. The monoisotopic (exact) mass is 257 g/mol. The highest BCUT2D eigenvalue weighted by molar-refractivity contribution is 7.99. The van der Waals surface area contributed by atoms with Gasteiger partial charge in [0.1, 0.15) is 0 Å². The summed E-state index contributed by atoms with van der Waals surface area (Å²) in [5.74, 6) is 0.404. The molecule has 6 heteroatoms. The minimum Gasteiger partial charge on any atom is -0.319 e. The minimum absolute atomic E-state index is 0.261. The summed E-state index contributed by atoms with van der Waals surface area (Å²) in [4.78, 5) is 18.8. The molecule has 96 valence electrons. The summed E-state index contributed by atoms with van der Waals surface area (Å²) in [5.41, 5.74) is 4.12. The molecule has 1 fully saturated rings. The van der Waals surface area contributed by atoms with Crippen LogP contribution in [0.15, 0.2) is 11.1 Å². The number of likely N-dealkylation sites (tertiary alicyclic amines) is 1. The van der Waals surface area contributed by atoms with Crippen LogP contribution in [0.5, 0.6) is 0 Å². The van der Waals surface area contributed by atoms with Crippen molar-refractivity contribution in [1.29, 1.82) is 0 Å². The van der Waals surface area contributed by atoms with E-state index in [9.17, 15) is 4.79 Å². The van der Waals surface area contributed by atoms with E-state index >= 15 is 0 Å². The van der Waals surface area contributed by atoms with Crippen LogP contribution in [0.25, 0.3) is 0 Å². The van der Waals surface area contributed by atoms with Gasteiger partial charge in [-0.3, -0.25) is 5.43 Å². The van der Waals surface area contributed by atoms with Crippen LogP contribution >= 0.6 is 11.9 Å². The van der Waals surface area contributed by atoms with Crippen molar-refractivity contribution in [3.8, 4) is 0 Å². The zero-order valence-corrected chi connectivity index (χ0v) is 11.1. The van der Waals surface area contributed by atoms with E-state index in [2.05, 4.69) is 19.3 Å². The van der Waals surface area contributed by atoms with E-state index in [-0.39, 0.29) is 6.09 Å². The molecule has 0 spiro atoms. The van der Waals surface area contributed by atoms with Crippen molar-refractivity contribution in [2.24, 2.45) is 5.92 Å². The fraction of sp³-hybridized carbons (Fsp3) is 0.727. The standard InChI is InChI=1S/C11H19N3O2S/c1-9(2)10-8-17-14(12-10)16-11(15)13-6-4-3-5-7-13/h8-9,12H,3-7H2,1-2H3. The van der Waals surface area contributed by atoms with E-state index in [4.69, 9.17) is 4.84 Å². The fourth-order valence-electron chi connectivity index (χ4n) is 1.78. The number of hydrazine groups is 1. The molecule has 1 saturated heterocycles. The number of rotatable bonds is 2. The second kappa shape index (κ2) is 5.64. The van der Waals surface area contributed by atoms with Gasteiger partial charge in [-0.15, -0.1) is 0 Å². The van der Waals surface area contributed by atoms with Gasteiger partial charge in [0, 0.05) is 40.7 Å². The molecule has 2 aliphatic rings. The molecule has 1 N–H and O–H groups in total. The average molecular weight is 257 g/mol. The molecule has 1 amide bonds. The first-order valence-corrected chi connectivity index (χ1v) is 6.91. The third-order valence-electron chi connectivity index (χ3n) is 2.89. The Balaban J connectivity index is 1.77. The lowest BCUT2D eigenvalue weighted by Gasteiger charge is -2.27. The molecular weight excluding hydrogens is 238 g/mol. The number of amides is 1. The lowest BCUT2D eigenvalue weighted by atomic mass is 10.1. The van der Waals surface area contributed by atoms with Gasteiger partial charge in [-0.1, -0.05) is 13.8 Å². The SMILES string of the molecule is CC(C)C1=CSN(OC(=O)N2CCCCC2)N1. The molecule has 0 radical (unpaired) electrons. The van der Waals surface area contributed by atoms with Crippen LogP contribution in [0.4, 0.5) is 4.79 Å². The predicted octanol–water partition coefficient (Wildman–Crippen LogP) is 2.49. The third-order valence-corrected chi connectivity index (χ3v) is 3.61. The summed E-state index contributed by atoms with van der Waals surface area (Å²) < 4.78 is 1.42. The van der Waals surface area contributed by atoms with Crippen LogP contribution in [-0.2, 0) is 4.84 Å². The molecule has 0 bridgehead atoms. The van der Waals surface area contributed by atoms with Gasteiger partial charge >= 0.3 is 6.09 Å². The van der Waals surface area contributed by atoms with Gasteiger partial charge < -0.3 is 9.74 Å². The normalized spacial score (nSPS) is 21.4. The molecule has 0 unspecified atom stereocenters. The molecule has 2 rings (SSSR count). The Morgan fingerprint density at radius 1 is 1.41 bits per heavy atom. The largest absolute Gasteiger partial charge is 0.431 e. The Morgan fingerprint density at radius 3 is 2.71 bits per heavy atom. The van der Waals surface area contributed by atoms with Crippen molar-refractivity contribution in [3.05, 3.63) is 11.1 Å². The summed E-state index contributed by atoms with van der Waals surface area (Å²) in [5, 5.41) is 1.97. The number of nitrogens with zero attached hydrogens (tertiary/aromatic N) is 2. The summed E-state index contributed by atoms with van der Waals surface area (Å²) in [6, 6.07) is 0. The Labute approximate surface area is 106 Å². The summed E-state index contributed by atoms with van der Waals surface area (Å²) in [7, 11) is 0. The number of carbonyl (C=O) groups is 1. The van der Waals surface area contributed by atoms with E-state index in [0.717, 1.165) is 31.6 Å². The summed E-state index contributed by atoms with van der Waals surface area (Å²) in [6.45, 7) is 5.80. The number of nitrogens with one attached hydrogen (secondary N) is 1. The first-order chi connectivity index (χ1) is 8.16. The number of hydrogen-bond donors (Lipinski definition) is 1. The van der Waals surface area contributed by atoms with Gasteiger partial charge in [-0.2, -0.15) is 0 Å². The molecular formula is C11H19N3O2S. The van der Waals surface area contributed by atoms with Gasteiger partial charge in [0.25, 0.3) is 0 Å². The van der Waals surface area contributed by atoms with Gasteiger partial charge in [-0.05, 0) is 25.2 Å². The second-order valence-electron chi connectivity index (χ2n) is 4.61. The first kappa shape index (κ1) is 12.6. The van der Waals surface area contributed by atoms with E-state index in [0.29, 0.717) is 5.92 Å². The van der Waals surface area contributed by atoms with E-state index in [1.165, 1.54) is 22.9 Å². The topological polar surface area (TPSA) is 44.8 Å². The number of hydrogen-bond acceptors (Lipinski definition) is 5. The summed E-state index contributed by atoms with van der Waals surface area (Å²) >= 11 is 1.36. The zero-order chi connectivity index (χ0) is 12.3. The Morgan fingerprint density at radius 2 is 2.12 bits per heavy atom. The zero-order valence-electron chi connectivity index (χ0n) is 10.3. The molecule has 0 aliphatic carbocycles. The van der Waals surface area contributed by atoms with Gasteiger partial charge in [0.2, 0.25) is 0 Å².